The lowest BCUT2D eigenvalue weighted by atomic mass is 9.96. The van der Waals surface area contributed by atoms with Gasteiger partial charge in [0.15, 0.2) is 0 Å². The summed E-state index contributed by atoms with van der Waals surface area (Å²) >= 11 is 1.43. The van der Waals surface area contributed by atoms with Crippen molar-refractivity contribution in [3.05, 3.63) is 40.8 Å². The largest absolute Gasteiger partial charge is 0.341 e. The van der Waals surface area contributed by atoms with Crippen molar-refractivity contribution in [2.45, 2.75) is 18.6 Å². The molecule has 0 bridgehead atoms. The maximum atomic E-state index is 12.2. The van der Waals surface area contributed by atoms with Gasteiger partial charge >= 0.3 is 0 Å². The Balaban J connectivity index is 1.53. The summed E-state index contributed by atoms with van der Waals surface area (Å²) in [5.41, 5.74) is 0.691. The Morgan fingerprint density at radius 2 is 2.00 bits per heavy atom. The monoisotopic (exact) mass is 366 g/mol. The topological polar surface area (TPSA) is 92.3 Å². The van der Waals surface area contributed by atoms with Crippen LogP contribution in [0.2, 0.25) is 0 Å². The van der Waals surface area contributed by atoms with Gasteiger partial charge in [0.2, 0.25) is 21.9 Å². The Morgan fingerprint density at radius 3 is 2.62 bits per heavy atom. The minimum Gasteiger partial charge on any atom is -0.341 e. The lowest BCUT2D eigenvalue weighted by molar-refractivity contribution is -0.123. The van der Waals surface area contributed by atoms with Gasteiger partial charge in [-0.1, -0.05) is 0 Å². The predicted molar refractivity (Wildman–Crippen MR) is 92.1 cm³/mol. The molecule has 1 aliphatic rings. The zero-order valence-electron chi connectivity index (χ0n) is 13.0. The van der Waals surface area contributed by atoms with E-state index < -0.39 is 15.9 Å². The van der Waals surface area contributed by atoms with Crippen molar-refractivity contribution >= 4 is 33.2 Å². The van der Waals surface area contributed by atoms with Crippen LogP contribution in [0.1, 0.15) is 18.4 Å². The second-order valence-corrected chi connectivity index (χ2v) is 8.17. The maximum absolute atomic E-state index is 12.2. The number of sulfonamides is 1. The molecule has 2 aromatic heterocycles. The number of piperidine rings is 1. The van der Waals surface area contributed by atoms with E-state index in [4.69, 9.17) is 0 Å². The van der Waals surface area contributed by atoms with Gasteiger partial charge in [-0.15, -0.1) is 0 Å². The summed E-state index contributed by atoms with van der Waals surface area (Å²) in [6.45, 7) is 1.26. The van der Waals surface area contributed by atoms with Crippen LogP contribution in [-0.2, 0) is 20.6 Å². The Morgan fingerprint density at radius 1 is 1.29 bits per heavy atom. The molecule has 0 aromatic carbocycles. The molecular formula is C15H18N4O3S2. The molecule has 2 aromatic rings. The molecule has 0 aliphatic carbocycles. The Hall–Kier alpha value is -2.00. The molecule has 128 valence electrons. The third kappa shape index (κ3) is 4.30. The highest BCUT2D eigenvalue weighted by Crippen LogP contribution is 2.21. The number of rotatable bonds is 5. The number of hydrogen-bond acceptors (Lipinski definition) is 7. The van der Waals surface area contributed by atoms with Crippen molar-refractivity contribution in [1.29, 1.82) is 0 Å². The van der Waals surface area contributed by atoms with E-state index in [1.54, 1.807) is 29.9 Å². The van der Waals surface area contributed by atoms with E-state index in [2.05, 4.69) is 14.7 Å². The fourth-order valence-electron chi connectivity index (χ4n) is 2.66. The lowest BCUT2D eigenvalue weighted by Crippen LogP contribution is -2.43. The molecule has 0 atom stereocenters. The third-order valence-corrected chi connectivity index (χ3v) is 5.85. The van der Waals surface area contributed by atoms with Gasteiger partial charge in [-0.2, -0.15) is 11.3 Å². The molecule has 1 N–H and O–H groups in total. The molecule has 3 rings (SSSR count). The number of aromatic nitrogens is 2. The van der Waals surface area contributed by atoms with E-state index in [9.17, 15) is 13.2 Å². The molecule has 1 amide bonds. The van der Waals surface area contributed by atoms with Gasteiger partial charge in [0.1, 0.15) is 0 Å². The van der Waals surface area contributed by atoms with Crippen LogP contribution in [-0.4, -0.2) is 37.4 Å². The van der Waals surface area contributed by atoms with Crippen LogP contribution < -0.4 is 9.62 Å². The SMILES string of the molecule is O=C(NS(=O)(=O)Cc1ccsc1)C1CCN(c2ncccn2)CC1. The van der Waals surface area contributed by atoms with E-state index >= 15 is 0 Å². The van der Waals surface area contributed by atoms with Crippen LogP contribution in [0.5, 0.6) is 0 Å². The van der Waals surface area contributed by atoms with E-state index in [0.29, 0.717) is 37.4 Å². The zero-order chi connectivity index (χ0) is 17.0. The van der Waals surface area contributed by atoms with Crippen molar-refractivity contribution < 1.29 is 13.2 Å². The Labute approximate surface area is 144 Å². The summed E-state index contributed by atoms with van der Waals surface area (Å²) in [4.78, 5) is 22.6. The molecule has 0 saturated carbocycles. The fourth-order valence-corrected chi connectivity index (χ4v) is 4.60. The smallest absolute Gasteiger partial charge is 0.239 e. The summed E-state index contributed by atoms with van der Waals surface area (Å²) in [5.74, 6) is -0.249. The number of hydrogen-bond donors (Lipinski definition) is 1. The molecule has 0 unspecified atom stereocenters. The van der Waals surface area contributed by atoms with Gasteiger partial charge < -0.3 is 4.90 Å². The van der Waals surface area contributed by atoms with E-state index in [-0.39, 0.29) is 11.7 Å². The molecule has 1 aliphatic heterocycles. The molecule has 3 heterocycles. The first kappa shape index (κ1) is 16.8. The Bertz CT molecular complexity index is 770. The highest BCUT2D eigenvalue weighted by molar-refractivity contribution is 7.89. The number of nitrogens with zero attached hydrogens (tertiary/aromatic N) is 3. The first-order valence-corrected chi connectivity index (χ1v) is 10.2. The molecule has 1 saturated heterocycles. The molecule has 0 spiro atoms. The number of nitrogens with one attached hydrogen (secondary N) is 1. The van der Waals surface area contributed by atoms with Gasteiger partial charge in [-0.25, -0.2) is 18.4 Å². The first-order chi connectivity index (χ1) is 11.5. The summed E-state index contributed by atoms with van der Waals surface area (Å²) in [5, 5.41) is 3.58. The van der Waals surface area contributed by atoms with E-state index in [1.165, 1.54) is 11.3 Å². The Kier molecular flexibility index (Phi) is 5.10. The minimum absolute atomic E-state index is 0.168. The summed E-state index contributed by atoms with van der Waals surface area (Å²) in [6.07, 6.45) is 4.52. The number of carbonyl (C=O) groups is 1. The predicted octanol–water partition coefficient (Wildman–Crippen LogP) is 1.40. The highest BCUT2D eigenvalue weighted by atomic mass is 32.2. The molecule has 1 fully saturated rings. The first-order valence-electron chi connectivity index (χ1n) is 7.61. The zero-order valence-corrected chi connectivity index (χ0v) is 14.6. The molecule has 9 heteroatoms. The minimum atomic E-state index is -3.65. The molecular weight excluding hydrogens is 348 g/mol. The van der Waals surface area contributed by atoms with Gasteiger partial charge in [0.25, 0.3) is 0 Å². The molecule has 0 radical (unpaired) electrons. The van der Waals surface area contributed by atoms with E-state index in [0.717, 1.165) is 0 Å². The van der Waals surface area contributed by atoms with Crippen LogP contribution in [0.3, 0.4) is 0 Å². The fraction of sp³-hybridized carbons (Fsp3) is 0.400. The molecule has 7 nitrogen and oxygen atoms in total. The molecule has 24 heavy (non-hydrogen) atoms. The summed E-state index contributed by atoms with van der Waals surface area (Å²) < 4.78 is 26.4. The average Bonchev–Trinajstić information content (AvgIpc) is 3.07. The third-order valence-electron chi connectivity index (χ3n) is 3.89. The van der Waals surface area contributed by atoms with Crippen molar-refractivity contribution in [2.75, 3.05) is 18.0 Å². The standard InChI is InChI=1S/C15H18N4O3S2/c20-14(18-24(21,22)11-12-4-9-23-10-12)13-2-7-19(8-3-13)15-16-5-1-6-17-15/h1,4-6,9-10,13H,2-3,7-8,11H2,(H,18,20). The van der Waals surface area contributed by atoms with Crippen LogP contribution in [0.15, 0.2) is 35.3 Å². The number of thiophene rings is 1. The number of anilines is 1. The van der Waals surface area contributed by atoms with Crippen molar-refractivity contribution in [3.63, 3.8) is 0 Å². The van der Waals surface area contributed by atoms with Crippen LogP contribution >= 0.6 is 11.3 Å². The maximum Gasteiger partial charge on any atom is 0.239 e. The van der Waals surface area contributed by atoms with Gasteiger partial charge in [0.05, 0.1) is 5.75 Å². The second-order valence-electron chi connectivity index (χ2n) is 5.67. The second kappa shape index (κ2) is 7.27. The van der Waals surface area contributed by atoms with Crippen molar-refractivity contribution in [2.24, 2.45) is 5.92 Å². The summed E-state index contributed by atoms with van der Waals surface area (Å²) in [6, 6.07) is 3.49. The van der Waals surface area contributed by atoms with Crippen LogP contribution in [0, 0.1) is 5.92 Å². The van der Waals surface area contributed by atoms with Crippen molar-refractivity contribution in [1.82, 2.24) is 14.7 Å². The summed E-state index contributed by atoms with van der Waals surface area (Å²) in [7, 11) is -3.65. The highest BCUT2D eigenvalue weighted by Gasteiger charge is 2.28. The van der Waals surface area contributed by atoms with Gasteiger partial charge in [-0.05, 0) is 41.3 Å². The number of amides is 1. The quantitative estimate of drug-likeness (QED) is 0.860. The van der Waals surface area contributed by atoms with E-state index in [1.807, 2.05) is 10.3 Å². The average molecular weight is 366 g/mol. The van der Waals surface area contributed by atoms with Crippen LogP contribution in [0.25, 0.3) is 0 Å². The van der Waals surface area contributed by atoms with Crippen LogP contribution in [0.4, 0.5) is 5.95 Å². The lowest BCUT2D eigenvalue weighted by Gasteiger charge is -2.31. The van der Waals surface area contributed by atoms with Crippen molar-refractivity contribution in [3.8, 4) is 0 Å². The van der Waals surface area contributed by atoms with Gasteiger partial charge in [0, 0.05) is 31.4 Å². The number of carbonyl (C=O) groups excluding carboxylic acids is 1. The van der Waals surface area contributed by atoms with Gasteiger partial charge in [-0.3, -0.25) is 9.52 Å². The normalized spacial score (nSPS) is 16.1.